The van der Waals surface area contributed by atoms with E-state index in [0.717, 1.165) is 44.2 Å². The monoisotopic (exact) mass is 260 g/mol. The minimum Gasteiger partial charge on any atom is -0.493 e. The van der Waals surface area contributed by atoms with E-state index in [9.17, 15) is 0 Å². The molecule has 3 rings (SSSR count). The number of piperidine rings is 1. The molecule has 0 radical (unpaired) electrons. The summed E-state index contributed by atoms with van der Waals surface area (Å²) in [4.78, 5) is 0. The highest BCUT2D eigenvalue weighted by Crippen LogP contribution is 2.25. The maximum atomic E-state index is 5.65. The van der Waals surface area contributed by atoms with E-state index in [1.807, 2.05) is 0 Å². The summed E-state index contributed by atoms with van der Waals surface area (Å²) in [5, 5.41) is 7.02. The van der Waals surface area contributed by atoms with Crippen LogP contribution in [0.4, 0.5) is 0 Å². The molecule has 1 saturated heterocycles. The Kier molecular flexibility index (Phi) is 4.36. The molecular weight excluding hydrogens is 236 g/mol. The first-order valence-electron chi connectivity index (χ1n) is 7.58. The molecular formula is C16H24N2O. The molecule has 0 aromatic heterocycles. The van der Waals surface area contributed by atoms with Crippen LogP contribution in [-0.2, 0) is 13.0 Å². The fourth-order valence-corrected chi connectivity index (χ4v) is 3.03. The topological polar surface area (TPSA) is 33.3 Å². The quantitative estimate of drug-likeness (QED) is 0.870. The van der Waals surface area contributed by atoms with Gasteiger partial charge in [0.1, 0.15) is 5.75 Å². The van der Waals surface area contributed by atoms with Crippen molar-refractivity contribution in [2.45, 2.75) is 32.2 Å². The Morgan fingerprint density at radius 1 is 1.26 bits per heavy atom. The van der Waals surface area contributed by atoms with Crippen LogP contribution in [0, 0.1) is 5.92 Å². The molecule has 1 aromatic carbocycles. The van der Waals surface area contributed by atoms with Gasteiger partial charge in [0.25, 0.3) is 0 Å². The van der Waals surface area contributed by atoms with Crippen LogP contribution in [-0.4, -0.2) is 26.2 Å². The molecule has 3 nitrogen and oxygen atoms in total. The Balaban J connectivity index is 1.49. The molecule has 104 valence electrons. The zero-order valence-electron chi connectivity index (χ0n) is 11.6. The minimum absolute atomic E-state index is 0.849. The molecule has 0 unspecified atom stereocenters. The molecule has 3 heteroatoms. The van der Waals surface area contributed by atoms with Crippen LogP contribution in [0.15, 0.2) is 18.2 Å². The van der Waals surface area contributed by atoms with Gasteiger partial charge in [0.05, 0.1) is 6.61 Å². The van der Waals surface area contributed by atoms with Crippen LogP contribution in [0.5, 0.6) is 5.75 Å². The summed E-state index contributed by atoms with van der Waals surface area (Å²) in [5.41, 5.74) is 2.77. The lowest BCUT2D eigenvalue weighted by atomic mass is 9.98. The Morgan fingerprint density at radius 2 is 2.16 bits per heavy atom. The fourth-order valence-electron chi connectivity index (χ4n) is 3.03. The third-order valence-electron chi connectivity index (χ3n) is 4.19. The normalized spacial score (nSPS) is 19.8. The molecule has 2 heterocycles. The number of ether oxygens (including phenoxy) is 1. The molecule has 0 aliphatic carbocycles. The first-order chi connectivity index (χ1) is 9.42. The van der Waals surface area contributed by atoms with Crippen molar-refractivity contribution in [2.75, 3.05) is 26.2 Å². The van der Waals surface area contributed by atoms with Crippen LogP contribution in [0.1, 0.15) is 30.4 Å². The fraction of sp³-hybridized carbons (Fsp3) is 0.625. The van der Waals surface area contributed by atoms with E-state index in [2.05, 4.69) is 28.8 Å². The highest BCUT2D eigenvalue weighted by molar-refractivity contribution is 5.38. The van der Waals surface area contributed by atoms with Gasteiger partial charge in [-0.1, -0.05) is 12.1 Å². The van der Waals surface area contributed by atoms with Gasteiger partial charge in [-0.15, -0.1) is 0 Å². The largest absolute Gasteiger partial charge is 0.493 e. The SMILES string of the molecule is c1cc2c(cc1CNCC1CCNCC1)CCCO2. The van der Waals surface area contributed by atoms with Crippen molar-refractivity contribution in [3.8, 4) is 5.75 Å². The zero-order valence-corrected chi connectivity index (χ0v) is 11.6. The molecule has 19 heavy (non-hydrogen) atoms. The maximum absolute atomic E-state index is 5.65. The van der Waals surface area contributed by atoms with Crippen molar-refractivity contribution >= 4 is 0 Å². The summed E-state index contributed by atoms with van der Waals surface area (Å²) in [6.45, 7) is 5.37. The summed E-state index contributed by atoms with van der Waals surface area (Å²) in [5.74, 6) is 1.94. The summed E-state index contributed by atoms with van der Waals surface area (Å²) in [6.07, 6.45) is 4.94. The van der Waals surface area contributed by atoms with E-state index in [0.29, 0.717) is 0 Å². The molecule has 0 atom stereocenters. The van der Waals surface area contributed by atoms with Crippen LogP contribution in [0.2, 0.25) is 0 Å². The van der Waals surface area contributed by atoms with Gasteiger partial charge in [-0.2, -0.15) is 0 Å². The Morgan fingerprint density at radius 3 is 3.05 bits per heavy atom. The molecule has 0 bridgehead atoms. The van der Waals surface area contributed by atoms with Crippen LogP contribution >= 0.6 is 0 Å². The van der Waals surface area contributed by atoms with Crippen LogP contribution in [0.25, 0.3) is 0 Å². The molecule has 2 aliphatic rings. The van der Waals surface area contributed by atoms with Gasteiger partial charge in [0.2, 0.25) is 0 Å². The van der Waals surface area contributed by atoms with E-state index in [-0.39, 0.29) is 0 Å². The average Bonchev–Trinajstić information content (AvgIpc) is 2.48. The van der Waals surface area contributed by atoms with Crippen molar-refractivity contribution in [2.24, 2.45) is 5.92 Å². The predicted molar refractivity (Wildman–Crippen MR) is 77.6 cm³/mol. The van der Waals surface area contributed by atoms with Crippen molar-refractivity contribution < 1.29 is 4.74 Å². The van der Waals surface area contributed by atoms with Crippen LogP contribution < -0.4 is 15.4 Å². The van der Waals surface area contributed by atoms with E-state index < -0.39 is 0 Å². The highest BCUT2D eigenvalue weighted by Gasteiger charge is 2.13. The number of rotatable bonds is 4. The number of benzene rings is 1. The summed E-state index contributed by atoms with van der Waals surface area (Å²) >= 11 is 0. The maximum Gasteiger partial charge on any atom is 0.122 e. The third-order valence-corrected chi connectivity index (χ3v) is 4.19. The van der Waals surface area contributed by atoms with Crippen molar-refractivity contribution in [3.05, 3.63) is 29.3 Å². The second-order valence-corrected chi connectivity index (χ2v) is 5.72. The van der Waals surface area contributed by atoms with Gasteiger partial charge in [-0.3, -0.25) is 0 Å². The first kappa shape index (κ1) is 12.9. The van der Waals surface area contributed by atoms with Crippen molar-refractivity contribution in [1.29, 1.82) is 0 Å². The highest BCUT2D eigenvalue weighted by atomic mass is 16.5. The van der Waals surface area contributed by atoms with E-state index in [4.69, 9.17) is 4.74 Å². The summed E-state index contributed by atoms with van der Waals surface area (Å²) < 4.78 is 5.65. The smallest absolute Gasteiger partial charge is 0.122 e. The third kappa shape index (κ3) is 3.48. The molecule has 2 aliphatic heterocycles. The predicted octanol–water partition coefficient (Wildman–Crippen LogP) is 2.10. The summed E-state index contributed by atoms with van der Waals surface area (Å²) in [6, 6.07) is 6.64. The minimum atomic E-state index is 0.849. The lowest BCUT2D eigenvalue weighted by Crippen LogP contribution is -2.33. The average molecular weight is 260 g/mol. The number of hydrogen-bond donors (Lipinski definition) is 2. The molecule has 1 aromatic rings. The lowest BCUT2D eigenvalue weighted by Gasteiger charge is -2.23. The van der Waals surface area contributed by atoms with Crippen LogP contribution in [0.3, 0.4) is 0 Å². The second kappa shape index (κ2) is 6.40. The van der Waals surface area contributed by atoms with Gasteiger partial charge in [0, 0.05) is 6.54 Å². The zero-order chi connectivity index (χ0) is 12.9. The van der Waals surface area contributed by atoms with Crippen molar-refractivity contribution in [1.82, 2.24) is 10.6 Å². The molecule has 0 spiro atoms. The standard InChI is InChI=1S/C16H24N2O/c1-2-15-10-14(3-4-16(15)19-9-1)12-18-11-13-5-7-17-8-6-13/h3-4,10,13,17-18H,1-2,5-9,11-12H2. The first-order valence-corrected chi connectivity index (χ1v) is 7.58. The van der Waals surface area contributed by atoms with E-state index >= 15 is 0 Å². The number of nitrogens with one attached hydrogen (secondary N) is 2. The van der Waals surface area contributed by atoms with Gasteiger partial charge < -0.3 is 15.4 Å². The van der Waals surface area contributed by atoms with E-state index in [1.54, 1.807) is 0 Å². The van der Waals surface area contributed by atoms with Gasteiger partial charge in [-0.05, 0) is 68.4 Å². The Labute approximate surface area is 115 Å². The number of aryl methyl sites for hydroxylation is 1. The molecule has 2 N–H and O–H groups in total. The summed E-state index contributed by atoms with van der Waals surface area (Å²) in [7, 11) is 0. The Hall–Kier alpha value is -1.06. The molecule has 0 amide bonds. The van der Waals surface area contributed by atoms with Crippen molar-refractivity contribution in [3.63, 3.8) is 0 Å². The molecule has 0 saturated carbocycles. The van der Waals surface area contributed by atoms with Gasteiger partial charge >= 0.3 is 0 Å². The second-order valence-electron chi connectivity index (χ2n) is 5.72. The Bertz CT molecular complexity index is 413. The van der Waals surface area contributed by atoms with E-state index in [1.165, 1.54) is 37.1 Å². The van der Waals surface area contributed by atoms with Gasteiger partial charge in [0.15, 0.2) is 0 Å². The lowest BCUT2D eigenvalue weighted by molar-refractivity contribution is 0.288. The number of fused-ring (bicyclic) bond motifs is 1. The van der Waals surface area contributed by atoms with Gasteiger partial charge in [-0.25, -0.2) is 0 Å². The molecule has 1 fully saturated rings. The number of hydrogen-bond acceptors (Lipinski definition) is 3.